The predicted molar refractivity (Wildman–Crippen MR) is 76.5 cm³/mol. The van der Waals surface area contributed by atoms with Crippen LogP contribution in [0, 0.1) is 0 Å². The summed E-state index contributed by atoms with van der Waals surface area (Å²) in [5.41, 5.74) is 1.27. The molecule has 1 aliphatic heterocycles. The van der Waals surface area contributed by atoms with Gasteiger partial charge in [0.1, 0.15) is 5.69 Å². The molecule has 1 aliphatic rings. The second-order valence-electron chi connectivity index (χ2n) is 4.87. The molecule has 2 rings (SSSR count). The maximum atomic E-state index is 12.0. The zero-order valence-corrected chi connectivity index (χ0v) is 11.6. The van der Waals surface area contributed by atoms with Crippen LogP contribution in [0.15, 0.2) is 18.3 Å². The molecule has 0 aromatic carbocycles. The Balaban J connectivity index is 1.86. The van der Waals surface area contributed by atoms with Crippen molar-refractivity contribution in [3.63, 3.8) is 0 Å². The number of nitrogens with one attached hydrogen (secondary N) is 3. The van der Waals surface area contributed by atoms with Crippen LogP contribution in [0.4, 0.5) is 5.69 Å². The van der Waals surface area contributed by atoms with Gasteiger partial charge in [-0.1, -0.05) is 6.92 Å². The Labute approximate surface area is 118 Å². The van der Waals surface area contributed by atoms with Gasteiger partial charge in [-0.05, 0) is 25.0 Å². The van der Waals surface area contributed by atoms with Crippen LogP contribution in [0.1, 0.15) is 36.7 Å². The Kier molecular flexibility index (Phi) is 4.92. The molecule has 2 amide bonds. The van der Waals surface area contributed by atoms with Crippen LogP contribution < -0.4 is 16.0 Å². The average Bonchev–Trinajstić information content (AvgIpc) is 2.88. The Morgan fingerprint density at radius 3 is 3.10 bits per heavy atom. The van der Waals surface area contributed by atoms with E-state index >= 15 is 0 Å². The maximum absolute atomic E-state index is 12.0. The van der Waals surface area contributed by atoms with Crippen molar-refractivity contribution in [2.45, 2.75) is 32.2 Å². The quantitative estimate of drug-likeness (QED) is 0.721. The SMILES string of the molecule is CCCNc1ccnc(C(=O)NCC2CCC(=O)N2)c1. The standard InChI is InChI=1S/C14H20N4O2/c1-2-6-15-10-5-7-16-12(8-10)14(20)17-9-11-3-4-13(19)18-11/h5,7-8,11H,2-4,6,9H2,1H3,(H,15,16)(H,17,20)(H,18,19). The number of carbonyl (C=O) groups excluding carboxylic acids is 2. The van der Waals surface area contributed by atoms with E-state index < -0.39 is 0 Å². The molecule has 1 saturated heterocycles. The molecule has 0 radical (unpaired) electrons. The second kappa shape index (κ2) is 6.88. The summed E-state index contributed by atoms with van der Waals surface area (Å²) >= 11 is 0. The normalized spacial score (nSPS) is 17.6. The molecule has 0 bridgehead atoms. The number of hydrogen-bond acceptors (Lipinski definition) is 4. The van der Waals surface area contributed by atoms with Crippen molar-refractivity contribution in [1.82, 2.24) is 15.6 Å². The Morgan fingerprint density at radius 2 is 2.40 bits per heavy atom. The lowest BCUT2D eigenvalue weighted by Crippen LogP contribution is -2.38. The van der Waals surface area contributed by atoms with Crippen LogP contribution in [0.5, 0.6) is 0 Å². The molecular weight excluding hydrogens is 256 g/mol. The summed E-state index contributed by atoms with van der Waals surface area (Å²) in [5, 5.41) is 8.83. The molecule has 2 heterocycles. The lowest BCUT2D eigenvalue weighted by molar-refractivity contribution is -0.119. The Morgan fingerprint density at radius 1 is 1.55 bits per heavy atom. The van der Waals surface area contributed by atoms with E-state index in [0.29, 0.717) is 18.7 Å². The van der Waals surface area contributed by atoms with Crippen LogP contribution in [0.3, 0.4) is 0 Å². The smallest absolute Gasteiger partial charge is 0.270 e. The third kappa shape index (κ3) is 3.94. The van der Waals surface area contributed by atoms with Crippen LogP contribution in [0.2, 0.25) is 0 Å². The maximum Gasteiger partial charge on any atom is 0.270 e. The molecule has 0 spiro atoms. The van der Waals surface area contributed by atoms with E-state index in [9.17, 15) is 9.59 Å². The van der Waals surface area contributed by atoms with Gasteiger partial charge in [0.05, 0.1) is 0 Å². The van der Waals surface area contributed by atoms with Crippen molar-refractivity contribution in [2.24, 2.45) is 0 Å². The average molecular weight is 276 g/mol. The van der Waals surface area contributed by atoms with Gasteiger partial charge in [0.15, 0.2) is 0 Å². The molecule has 0 saturated carbocycles. The summed E-state index contributed by atoms with van der Waals surface area (Å²) in [6.07, 6.45) is 3.94. The van der Waals surface area contributed by atoms with E-state index in [-0.39, 0.29) is 17.9 Å². The molecule has 6 heteroatoms. The summed E-state index contributed by atoms with van der Waals surface area (Å²) < 4.78 is 0. The number of pyridine rings is 1. The van der Waals surface area contributed by atoms with E-state index in [0.717, 1.165) is 25.1 Å². The minimum absolute atomic E-state index is 0.0350. The fraction of sp³-hybridized carbons (Fsp3) is 0.500. The molecule has 3 N–H and O–H groups in total. The first kappa shape index (κ1) is 14.3. The molecule has 0 aliphatic carbocycles. The summed E-state index contributed by atoms with van der Waals surface area (Å²) in [7, 11) is 0. The first-order valence-electron chi connectivity index (χ1n) is 6.96. The fourth-order valence-electron chi connectivity index (χ4n) is 2.07. The molecule has 1 aromatic heterocycles. The van der Waals surface area contributed by atoms with Crippen LogP contribution >= 0.6 is 0 Å². The third-order valence-corrected chi connectivity index (χ3v) is 3.17. The summed E-state index contributed by atoms with van der Waals surface area (Å²) in [6.45, 7) is 3.38. The highest BCUT2D eigenvalue weighted by molar-refractivity contribution is 5.93. The summed E-state index contributed by atoms with van der Waals surface area (Å²) in [4.78, 5) is 27.1. The predicted octanol–water partition coefficient (Wildman–Crippen LogP) is 0.912. The molecular formula is C14H20N4O2. The molecule has 6 nitrogen and oxygen atoms in total. The number of carbonyl (C=O) groups is 2. The lowest BCUT2D eigenvalue weighted by atomic mass is 10.2. The number of nitrogens with zero attached hydrogens (tertiary/aromatic N) is 1. The van der Waals surface area contributed by atoms with E-state index in [1.807, 2.05) is 6.07 Å². The number of rotatable bonds is 6. The largest absolute Gasteiger partial charge is 0.385 e. The van der Waals surface area contributed by atoms with Crippen LogP contribution in [-0.2, 0) is 4.79 Å². The molecule has 20 heavy (non-hydrogen) atoms. The molecule has 1 aromatic rings. The van der Waals surface area contributed by atoms with Crippen LogP contribution in [-0.4, -0.2) is 35.9 Å². The molecule has 1 atom stereocenters. The second-order valence-corrected chi connectivity index (χ2v) is 4.87. The van der Waals surface area contributed by atoms with E-state index in [4.69, 9.17) is 0 Å². The highest BCUT2D eigenvalue weighted by atomic mass is 16.2. The summed E-state index contributed by atoms with van der Waals surface area (Å²) in [6, 6.07) is 3.61. The van der Waals surface area contributed by atoms with E-state index in [2.05, 4.69) is 27.9 Å². The van der Waals surface area contributed by atoms with Gasteiger partial charge in [0.25, 0.3) is 5.91 Å². The number of aromatic nitrogens is 1. The summed E-state index contributed by atoms with van der Waals surface area (Å²) in [5.74, 6) is -0.167. The van der Waals surface area contributed by atoms with Crippen molar-refractivity contribution in [3.8, 4) is 0 Å². The topological polar surface area (TPSA) is 83.1 Å². The van der Waals surface area contributed by atoms with Crippen molar-refractivity contribution in [1.29, 1.82) is 0 Å². The minimum Gasteiger partial charge on any atom is -0.385 e. The minimum atomic E-state index is -0.216. The van der Waals surface area contributed by atoms with Crippen molar-refractivity contribution >= 4 is 17.5 Å². The molecule has 1 fully saturated rings. The molecule has 1 unspecified atom stereocenters. The van der Waals surface area contributed by atoms with Gasteiger partial charge in [-0.15, -0.1) is 0 Å². The van der Waals surface area contributed by atoms with Gasteiger partial charge >= 0.3 is 0 Å². The van der Waals surface area contributed by atoms with Gasteiger partial charge in [-0.2, -0.15) is 0 Å². The Bertz CT molecular complexity index is 490. The zero-order chi connectivity index (χ0) is 14.4. The first-order valence-corrected chi connectivity index (χ1v) is 6.96. The van der Waals surface area contributed by atoms with Crippen molar-refractivity contribution in [3.05, 3.63) is 24.0 Å². The Hall–Kier alpha value is -2.11. The third-order valence-electron chi connectivity index (χ3n) is 3.17. The van der Waals surface area contributed by atoms with Gasteiger partial charge in [-0.3, -0.25) is 14.6 Å². The van der Waals surface area contributed by atoms with Gasteiger partial charge < -0.3 is 16.0 Å². The van der Waals surface area contributed by atoms with Gasteiger partial charge in [0.2, 0.25) is 5.91 Å². The lowest BCUT2D eigenvalue weighted by Gasteiger charge is -2.11. The highest BCUT2D eigenvalue weighted by Gasteiger charge is 2.21. The van der Waals surface area contributed by atoms with Crippen LogP contribution in [0.25, 0.3) is 0 Å². The van der Waals surface area contributed by atoms with Gasteiger partial charge in [-0.25, -0.2) is 0 Å². The first-order chi connectivity index (χ1) is 9.69. The molecule has 108 valence electrons. The highest BCUT2D eigenvalue weighted by Crippen LogP contribution is 2.09. The van der Waals surface area contributed by atoms with E-state index in [1.165, 1.54) is 0 Å². The number of amides is 2. The van der Waals surface area contributed by atoms with Crippen molar-refractivity contribution < 1.29 is 9.59 Å². The van der Waals surface area contributed by atoms with Crippen molar-refractivity contribution in [2.75, 3.05) is 18.4 Å². The zero-order valence-electron chi connectivity index (χ0n) is 11.6. The number of hydrogen-bond donors (Lipinski definition) is 3. The van der Waals surface area contributed by atoms with Gasteiger partial charge in [0, 0.05) is 37.4 Å². The fourth-order valence-corrected chi connectivity index (χ4v) is 2.07. The monoisotopic (exact) mass is 276 g/mol. The van der Waals surface area contributed by atoms with E-state index in [1.54, 1.807) is 12.3 Å². The number of anilines is 1.